The predicted octanol–water partition coefficient (Wildman–Crippen LogP) is 1.94. The summed E-state index contributed by atoms with van der Waals surface area (Å²) in [6.45, 7) is -3.00. The van der Waals surface area contributed by atoms with Gasteiger partial charge in [0, 0.05) is 24.5 Å². The molecule has 8 nitrogen and oxygen atoms in total. The number of nitro groups is 1. The molecule has 0 N–H and O–H groups in total. The maximum Gasteiger partial charge on any atom is 0.319 e. The van der Waals surface area contributed by atoms with E-state index in [4.69, 9.17) is 0 Å². The number of imidazole rings is 1. The average molecular weight is 321 g/mol. The third-order valence-corrected chi connectivity index (χ3v) is 3.29. The van der Waals surface area contributed by atoms with Crippen LogP contribution in [0, 0.1) is 10.1 Å². The summed E-state index contributed by atoms with van der Waals surface area (Å²) >= 11 is 0. The van der Waals surface area contributed by atoms with Gasteiger partial charge in [-0.2, -0.15) is 8.78 Å². The van der Waals surface area contributed by atoms with Gasteiger partial charge >= 0.3 is 6.55 Å². The Hall–Kier alpha value is -3.17. The largest absolute Gasteiger partial charge is 0.319 e. The Labute approximate surface area is 126 Å². The van der Waals surface area contributed by atoms with Crippen LogP contribution in [0.15, 0.2) is 41.7 Å². The molecule has 0 aliphatic carbocycles. The van der Waals surface area contributed by atoms with E-state index in [1.807, 2.05) is 0 Å². The molecule has 0 atom stereocenters. The average Bonchev–Trinajstić information content (AvgIpc) is 2.98. The fraction of sp³-hybridized carbons (Fsp3) is 0.154. The smallest absolute Gasteiger partial charge is 0.291 e. The maximum atomic E-state index is 12.8. The van der Waals surface area contributed by atoms with E-state index in [0.29, 0.717) is 4.57 Å². The van der Waals surface area contributed by atoms with Crippen LogP contribution in [0.2, 0.25) is 0 Å². The lowest BCUT2D eigenvalue weighted by molar-refractivity contribution is -0.384. The lowest BCUT2D eigenvalue weighted by Gasteiger charge is -2.08. The van der Waals surface area contributed by atoms with Crippen LogP contribution in [-0.4, -0.2) is 24.0 Å². The lowest BCUT2D eigenvalue weighted by atomic mass is 10.2. The van der Waals surface area contributed by atoms with E-state index in [9.17, 15) is 23.7 Å². The van der Waals surface area contributed by atoms with Crippen molar-refractivity contribution in [2.45, 2.75) is 13.1 Å². The summed E-state index contributed by atoms with van der Waals surface area (Å²) < 4.78 is 27.3. The SMILES string of the molecule is O=c1c2cc([N+](=O)[O-])ccc2ncn1Cc1nccn1C(F)F. The molecule has 0 unspecified atom stereocenters. The number of nitrogens with zero attached hydrogens (tertiary/aromatic N) is 5. The molecule has 1 aromatic carbocycles. The van der Waals surface area contributed by atoms with Crippen LogP contribution in [0.5, 0.6) is 0 Å². The summed E-state index contributed by atoms with van der Waals surface area (Å²) in [5.41, 5.74) is -0.528. The molecule has 0 spiro atoms. The summed E-state index contributed by atoms with van der Waals surface area (Å²) in [4.78, 5) is 30.4. The van der Waals surface area contributed by atoms with Crippen LogP contribution in [0.1, 0.15) is 12.4 Å². The molecule has 0 radical (unpaired) electrons. The van der Waals surface area contributed by atoms with Gasteiger partial charge < -0.3 is 0 Å². The van der Waals surface area contributed by atoms with Crippen LogP contribution in [0.3, 0.4) is 0 Å². The van der Waals surface area contributed by atoms with Gasteiger partial charge in [-0.3, -0.25) is 24.0 Å². The van der Waals surface area contributed by atoms with Gasteiger partial charge in [0.2, 0.25) is 0 Å². The summed E-state index contributed by atoms with van der Waals surface area (Å²) in [5, 5.41) is 10.8. The van der Waals surface area contributed by atoms with E-state index in [2.05, 4.69) is 9.97 Å². The summed E-state index contributed by atoms with van der Waals surface area (Å²) in [7, 11) is 0. The number of hydrogen-bond donors (Lipinski definition) is 0. The van der Waals surface area contributed by atoms with Crippen LogP contribution < -0.4 is 5.56 Å². The molecule has 0 aliphatic rings. The van der Waals surface area contributed by atoms with E-state index in [0.717, 1.165) is 16.8 Å². The second kappa shape index (κ2) is 5.55. The van der Waals surface area contributed by atoms with Crippen molar-refractivity contribution in [2.75, 3.05) is 0 Å². The van der Waals surface area contributed by atoms with Gasteiger partial charge in [0.15, 0.2) is 0 Å². The number of nitro benzene ring substituents is 1. The molecular formula is C13H9F2N5O3. The van der Waals surface area contributed by atoms with E-state index < -0.39 is 17.0 Å². The van der Waals surface area contributed by atoms with Crippen molar-refractivity contribution in [3.8, 4) is 0 Å². The van der Waals surface area contributed by atoms with Gasteiger partial charge in [0.1, 0.15) is 5.82 Å². The van der Waals surface area contributed by atoms with Gasteiger partial charge in [-0.25, -0.2) is 9.97 Å². The van der Waals surface area contributed by atoms with Crippen molar-refractivity contribution in [1.29, 1.82) is 0 Å². The molecule has 0 fully saturated rings. The molecule has 118 valence electrons. The number of alkyl halides is 2. The zero-order valence-corrected chi connectivity index (χ0v) is 11.5. The Bertz CT molecular complexity index is 950. The minimum atomic E-state index is -2.78. The van der Waals surface area contributed by atoms with E-state index >= 15 is 0 Å². The highest BCUT2D eigenvalue weighted by Crippen LogP contribution is 2.17. The number of benzene rings is 1. The quantitative estimate of drug-likeness (QED) is 0.540. The Morgan fingerprint density at radius 2 is 2.09 bits per heavy atom. The lowest BCUT2D eigenvalue weighted by Crippen LogP contribution is -2.23. The highest BCUT2D eigenvalue weighted by Gasteiger charge is 2.14. The summed E-state index contributed by atoms with van der Waals surface area (Å²) in [6, 6.07) is 3.71. The number of aromatic nitrogens is 4. The zero-order valence-electron chi connectivity index (χ0n) is 11.5. The Morgan fingerprint density at radius 3 is 2.78 bits per heavy atom. The molecule has 0 bridgehead atoms. The molecule has 0 amide bonds. The molecule has 2 aromatic heterocycles. The van der Waals surface area contributed by atoms with Crippen LogP contribution in [0.25, 0.3) is 10.9 Å². The highest BCUT2D eigenvalue weighted by atomic mass is 19.3. The minimum Gasteiger partial charge on any atom is -0.291 e. The monoisotopic (exact) mass is 321 g/mol. The van der Waals surface area contributed by atoms with Crippen molar-refractivity contribution in [3.63, 3.8) is 0 Å². The Kier molecular flexibility index (Phi) is 3.56. The van der Waals surface area contributed by atoms with Crippen molar-refractivity contribution >= 4 is 16.6 Å². The first kappa shape index (κ1) is 14.8. The standard InChI is InChI=1S/C13H9F2N5O3/c14-13(15)19-4-3-16-11(19)6-18-7-17-10-2-1-8(20(22)23)5-9(10)12(18)21/h1-5,7,13H,6H2. The number of fused-ring (bicyclic) bond motifs is 1. The topological polar surface area (TPSA) is 95.8 Å². The van der Waals surface area contributed by atoms with Crippen LogP contribution in [0.4, 0.5) is 14.5 Å². The molecule has 3 rings (SSSR count). The molecule has 3 aromatic rings. The Morgan fingerprint density at radius 1 is 1.30 bits per heavy atom. The van der Waals surface area contributed by atoms with Crippen molar-refractivity contribution in [1.82, 2.24) is 19.1 Å². The van der Waals surface area contributed by atoms with Gasteiger partial charge in [-0.1, -0.05) is 0 Å². The third kappa shape index (κ3) is 2.65. The van der Waals surface area contributed by atoms with Gasteiger partial charge in [-0.05, 0) is 6.07 Å². The molecule has 2 heterocycles. The normalized spacial score (nSPS) is 11.3. The fourth-order valence-electron chi connectivity index (χ4n) is 2.17. The van der Waals surface area contributed by atoms with Gasteiger partial charge in [-0.15, -0.1) is 0 Å². The predicted molar refractivity (Wildman–Crippen MR) is 75.2 cm³/mol. The van der Waals surface area contributed by atoms with Crippen molar-refractivity contribution < 1.29 is 13.7 Å². The molecule has 10 heteroatoms. The van der Waals surface area contributed by atoms with E-state index in [1.54, 1.807) is 0 Å². The van der Waals surface area contributed by atoms with E-state index in [-0.39, 0.29) is 29.0 Å². The fourth-order valence-corrected chi connectivity index (χ4v) is 2.17. The van der Waals surface area contributed by atoms with Crippen molar-refractivity contribution in [2.24, 2.45) is 0 Å². The number of halogens is 2. The zero-order chi connectivity index (χ0) is 16.6. The first-order valence-corrected chi connectivity index (χ1v) is 6.41. The summed E-state index contributed by atoms with van der Waals surface area (Å²) in [6.07, 6.45) is 3.50. The first-order valence-electron chi connectivity index (χ1n) is 6.41. The Balaban J connectivity index is 2.08. The number of non-ortho nitro benzene ring substituents is 1. The minimum absolute atomic E-state index is 0.0197. The second-order valence-electron chi connectivity index (χ2n) is 4.66. The van der Waals surface area contributed by atoms with Crippen LogP contribution >= 0.6 is 0 Å². The molecule has 23 heavy (non-hydrogen) atoms. The van der Waals surface area contributed by atoms with Crippen LogP contribution in [-0.2, 0) is 6.54 Å². The maximum absolute atomic E-state index is 12.8. The molecule has 0 saturated carbocycles. The van der Waals surface area contributed by atoms with E-state index in [1.165, 1.54) is 24.7 Å². The second-order valence-corrected chi connectivity index (χ2v) is 4.66. The number of hydrogen-bond acceptors (Lipinski definition) is 5. The first-order chi connectivity index (χ1) is 11.0. The number of rotatable bonds is 4. The molecule has 0 aliphatic heterocycles. The summed E-state index contributed by atoms with van der Waals surface area (Å²) in [5.74, 6) is -0.0197. The van der Waals surface area contributed by atoms with Gasteiger partial charge in [0.05, 0.1) is 28.7 Å². The molecular weight excluding hydrogens is 312 g/mol. The third-order valence-electron chi connectivity index (χ3n) is 3.29. The van der Waals surface area contributed by atoms with Gasteiger partial charge in [0.25, 0.3) is 11.2 Å². The highest BCUT2D eigenvalue weighted by molar-refractivity contribution is 5.79. The van der Waals surface area contributed by atoms with Crippen molar-refractivity contribution in [3.05, 3.63) is 63.2 Å². The molecule has 0 saturated heterocycles.